The van der Waals surface area contributed by atoms with E-state index in [9.17, 15) is 0 Å². The van der Waals surface area contributed by atoms with Gasteiger partial charge in [0.2, 0.25) is 0 Å². The maximum Gasteiger partial charge on any atom is 0.107 e. The molecule has 0 saturated carbocycles. The van der Waals surface area contributed by atoms with Gasteiger partial charge in [-0.1, -0.05) is 16.8 Å². The van der Waals surface area contributed by atoms with Gasteiger partial charge >= 0.3 is 0 Å². The van der Waals surface area contributed by atoms with Crippen LogP contribution in [0.3, 0.4) is 0 Å². The number of ether oxygens (including phenoxy) is 2. The van der Waals surface area contributed by atoms with Crippen LogP contribution in [0.4, 0.5) is 0 Å². The van der Waals surface area contributed by atoms with E-state index in [1.165, 1.54) is 10.4 Å². The highest BCUT2D eigenvalue weighted by molar-refractivity contribution is 7.16. The van der Waals surface area contributed by atoms with E-state index < -0.39 is 0 Å². The van der Waals surface area contributed by atoms with Gasteiger partial charge in [-0.05, 0) is 19.0 Å². The molecular formula is C15H19ClN4O2S. The Morgan fingerprint density at radius 3 is 3.17 bits per heavy atom. The summed E-state index contributed by atoms with van der Waals surface area (Å²) in [4.78, 5) is 1.20. The summed E-state index contributed by atoms with van der Waals surface area (Å²) in [7, 11) is 3.60. The Balaban J connectivity index is 1.70. The van der Waals surface area contributed by atoms with Crippen LogP contribution in [0.15, 0.2) is 12.3 Å². The van der Waals surface area contributed by atoms with E-state index >= 15 is 0 Å². The van der Waals surface area contributed by atoms with Crippen molar-refractivity contribution in [2.24, 2.45) is 7.05 Å². The molecule has 0 amide bonds. The smallest absolute Gasteiger partial charge is 0.107 e. The highest BCUT2D eigenvalue weighted by Crippen LogP contribution is 2.51. The lowest BCUT2D eigenvalue weighted by Crippen LogP contribution is -2.46. The summed E-state index contributed by atoms with van der Waals surface area (Å²) in [5.74, 6) is 0. The summed E-state index contributed by atoms with van der Waals surface area (Å²) < 4.78 is 14.4. The molecule has 2 aromatic rings. The normalized spacial score (nSPS) is 30.6. The predicted molar refractivity (Wildman–Crippen MR) is 87.7 cm³/mol. The maximum atomic E-state index is 6.34. The largest absolute Gasteiger partial charge is 0.374 e. The van der Waals surface area contributed by atoms with Gasteiger partial charge in [-0.2, -0.15) is 0 Å². The van der Waals surface area contributed by atoms with Crippen LogP contribution >= 0.6 is 22.9 Å². The molecule has 4 heterocycles. The monoisotopic (exact) mass is 354 g/mol. The number of methoxy groups -OCH3 is 1. The number of piperidine rings is 1. The number of aromatic nitrogens is 3. The van der Waals surface area contributed by atoms with Crippen LogP contribution < -0.4 is 5.32 Å². The van der Waals surface area contributed by atoms with Gasteiger partial charge in [0.05, 0.1) is 22.7 Å². The molecule has 0 aliphatic carbocycles. The van der Waals surface area contributed by atoms with Crippen LogP contribution in [-0.4, -0.2) is 35.3 Å². The molecule has 2 aliphatic heterocycles. The van der Waals surface area contributed by atoms with Crippen LogP contribution in [0.5, 0.6) is 0 Å². The Kier molecular flexibility index (Phi) is 3.93. The molecule has 3 atom stereocenters. The highest BCUT2D eigenvalue weighted by atomic mass is 35.5. The first kappa shape index (κ1) is 15.5. The lowest BCUT2D eigenvalue weighted by atomic mass is 9.81. The van der Waals surface area contributed by atoms with E-state index in [1.807, 2.05) is 19.3 Å². The van der Waals surface area contributed by atoms with Crippen molar-refractivity contribution in [3.05, 3.63) is 32.7 Å². The van der Waals surface area contributed by atoms with Crippen molar-refractivity contribution >= 4 is 22.9 Å². The van der Waals surface area contributed by atoms with Crippen molar-refractivity contribution in [1.29, 1.82) is 0 Å². The zero-order chi connectivity index (χ0) is 16.0. The van der Waals surface area contributed by atoms with Crippen LogP contribution in [0, 0.1) is 0 Å². The summed E-state index contributed by atoms with van der Waals surface area (Å²) in [6.45, 7) is 1.43. The molecule has 124 valence electrons. The van der Waals surface area contributed by atoms with Crippen molar-refractivity contribution in [3.63, 3.8) is 0 Å². The van der Waals surface area contributed by atoms with E-state index in [1.54, 1.807) is 23.1 Å². The minimum atomic E-state index is -0.310. The van der Waals surface area contributed by atoms with Crippen molar-refractivity contribution in [3.8, 4) is 0 Å². The first-order chi connectivity index (χ1) is 11.1. The van der Waals surface area contributed by atoms with E-state index in [0.29, 0.717) is 6.61 Å². The lowest BCUT2D eigenvalue weighted by molar-refractivity contribution is -0.130. The first-order valence-electron chi connectivity index (χ1n) is 7.67. The Morgan fingerprint density at radius 1 is 1.57 bits per heavy atom. The average Bonchev–Trinajstić information content (AvgIpc) is 3.15. The van der Waals surface area contributed by atoms with Gasteiger partial charge in [0, 0.05) is 37.2 Å². The van der Waals surface area contributed by atoms with E-state index in [-0.39, 0.29) is 17.7 Å². The second kappa shape index (κ2) is 5.82. The molecule has 0 bridgehead atoms. The lowest BCUT2D eigenvalue weighted by Gasteiger charge is -2.44. The minimum absolute atomic E-state index is 0.0378. The molecule has 8 heteroatoms. The average molecular weight is 355 g/mol. The van der Waals surface area contributed by atoms with Crippen LogP contribution in [0.25, 0.3) is 0 Å². The van der Waals surface area contributed by atoms with Crippen LogP contribution in [0.1, 0.15) is 41.1 Å². The second-order valence-corrected chi connectivity index (χ2v) is 7.83. The third-order valence-electron chi connectivity index (χ3n) is 4.72. The third-order valence-corrected chi connectivity index (χ3v) is 6.18. The Morgan fingerprint density at radius 2 is 2.43 bits per heavy atom. The maximum absolute atomic E-state index is 6.34. The number of thiophene rings is 1. The summed E-state index contributed by atoms with van der Waals surface area (Å²) >= 11 is 7.91. The topological polar surface area (TPSA) is 61.2 Å². The number of hydrogen-bond acceptors (Lipinski definition) is 6. The Labute approximate surface area is 143 Å². The molecule has 23 heavy (non-hydrogen) atoms. The molecule has 4 rings (SSSR count). The number of aryl methyl sites for hydroxylation is 1. The van der Waals surface area contributed by atoms with Crippen molar-refractivity contribution in [2.45, 2.75) is 30.6 Å². The van der Waals surface area contributed by atoms with Crippen molar-refractivity contribution in [2.75, 3.05) is 20.3 Å². The fraction of sp³-hybridized carbons (Fsp3) is 0.600. The predicted octanol–water partition coefficient (Wildman–Crippen LogP) is 2.57. The first-order valence-corrected chi connectivity index (χ1v) is 8.87. The molecule has 1 spiro atoms. The summed E-state index contributed by atoms with van der Waals surface area (Å²) in [5.41, 5.74) is 1.82. The Bertz CT molecular complexity index is 718. The third kappa shape index (κ3) is 2.60. The van der Waals surface area contributed by atoms with Crippen LogP contribution in [-0.2, 0) is 22.1 Å². The molecule has 0 radical (unpaired) electrons. The number of hydrogen-bond donors (Lipinski definition) is 1. The number of nitrogens with one attached hydrogen (secondary N) is 1. The van der Waals surface area contributed by atoms with E-state index in [0.717, 1.165) is 29.4 Å². The standard InChI is InChI=1S/C15H19ClN4O2S/c1-20-7-11(18-19-20)10-6-15(3-4-17-10)14-9(5-13(16)23-14)12(21-2)8-22-15/h5,7,10,12,17H,3-4,6,8H2,1-2H3/t10-,12?,15-/m0/s1. The molecule has 1 unspecified atom stereocenters. The number of rotatable bonds is 2. The quantitative estimate of drug-likeness (QED) is 0.898. The molecule has 6 nitrogen and oxygen atoms in total. The molecule has 2 aromatic heterocycles. The molecular weight excluding hydrogens is 336 g/mol. The van der Waals surface area contributed by atoms with Gasteiger partial charge in [-0.15, -0.1) is 16.4 Å². The number of halogens is 1. The van der Waals surface area contributed by atoms with Gasteiger partial charge in [-0.25, -0.2) is 0 Å². The van der Waals surface area contributed by atoms with Gasteiger partial charge < -0.3 is 14.8 Å². The zero-order valence-corrected chi connectivity index (χ0v) is 14.7. The second-order valence-electron chi connectivity index (χ2n) is 6.14. The van der Waals surface area contributed by atoms with Crippen molar-refractivity contribution < 1.29 is 9.47 Å². The molecule has 1 fully saturated rings. The fourth-order valence-corrected chi connectivity index (χ4v) is 5.05. The van der Waals surface area contributed by atoms with Gasteiger partial charge in [0.25, 0.3) is 0 Å². The minimum Gasteiger partial charge on any atom is -0.374 e. The molecule has 0 aromatic carbocycles. The van der Waals surface area contributed by atoms with Crippen LogP contribution in [0.2, 0.25) is 4.34 Å². The number of fused-ring (bicyclic) bond motifs is 2. The SMILES string of the molecule is COC1CO[C@]2(CCN[C@H](c3cn(C)nn3)C2)c2sc(Cl)cc21. The zero-order valence-electron chi connectivity index (χ0n) is 13.1. The van der Waals surface area contributed by atoms with E-state index in [2.05, 4.69) is 15.6 Å². The van der Waals surface area contributed by atoms with Gasteiger partial charge in [0.1, 0.15) is 11.7 Å². The fourth-order valence-electron chi connectivity index (χ4n) is 3.58. The van der Waals surface area contributed by atoms with Crippen molar-refractivity contribution in [1.82, 2.24) is 20.3 Å². The summed E-state index contributed by atoms with van der Waals surface area (Å²) in [6.07, 6.45) is 3.67. The summed E-state index contributed by atoms with van der Waals surface area (Å²) in [6, 6.07) is 2.16. The van der Waals surface area contributed by atoms with E-state index in [4.69, 9.17) is 21.1 Å². The molecule has 1 saturated heterocycles. The summed E-state index contributed by atoms with van der Waals surface area (Å²) in [5, 5.41) is 11.8. The van der Waals surface area contributed by atoms with Gasteiger partial charge in [0.15, 0.2) is 0 Å². The Hall–Kier alpha value is -0.990. The molecule has 1 N–H and O–H groups in total. The highest BCUT2D eigenvalue weighted by Gasteiger charge is 2.46. The number of nitrogens with zero attached hydrogens (tertiary/aromatic N) is 3. The molecule has 2 aliphatic rings. The van der Waals surface area contributed by atoms with Gasteiger partial charge in [-0.3, -0.25) is 4.68 Å².